The highest BCUT2D eigenvalue weighted by Gasteiger charge is 2.16. The van der Waals surface area contributed by atoms with Crippen LogP contribution in [0.3, 0.4) is 0 Å². The maximum atomic E-state index is 11.8. The Kier molecular flexibility index (Phi) is 3.49. The number of aliphatic hydroxyl groups is 1. The van der Waals surface area contributed by atoms with Crippen molar-refractivity contribution >= 4 is 22.1 Å². The van der Waals surface area contributed by atoms with Crippen molar-refractivity contribution in [2.45, 2.75) is 26.4 Å². The van der Waals surface area contributed by atoms with Crippen molar-refractivity contribution in [1.29, 1.82) is 0 Å². The number of nitrogens with zero attached hydrogens (tertiary/aromatic N) is 1. The molecule has 2 rings (SSSR count). The average Bonchev–Trinajstić information content (AvgIpc) is 2.80. The number of thiazole rings is 1. The summed E-state index contributed by atoms with van der Waals surface area (Å²) in [6.45, 7) is 3.77. The number of rotatable bonds is 4. The Morgan fingerprint density at radius 1 is 1.59 bits per heavy atom. The van der Waals surface area contributed by atoms with Crippen molar-refractivity contribution in [1.82, 2.24) is 4.40 Å². The first-order chi connectivity index (χ1) is 8.13. The lowest BCUT2D eigenvalue weighted by molar-refractivity contribution is 0.0380. The van der Waals surface area contributed by atoms with Gasteiger partial charge in [0.1, 0.15) is 4.83 Å². The molecule has 0 fully saturated rings. The molecular weight excluding hydrogens is 238 g/mol. The Hall–Kier alpha value is -1.33. The highest BCUT2D eigenvalue weighted by atomic mass is 32.1. The van der Waals surface area contributed by atoms with Gasteiger partial charge in [0.15, 0.2) is 0 Å². The fourth-order valence-corrected chi connectivity index (χ4v) is 2.72. The van der Waals surface area contributed by atoms with E-state index >= 15 is 0 Å². The topological polar surface area (TPSA) is 50.9 Å². The Balaban J connectivity index is 2.33. The van der Waals surface area contributed by atoms with Crippen molar-refractivity contribution in [2.75, 3.05) is 6.61 Å². The number of aliphatic hydroxyl groups excluding tert-OH is 1. The van der Waals surface area contributed by atoms with Gasteiger partial charge in [-0.2, -0.15) is 0 Å². The molecule has 5 heteroatoms. The van der Waals surface area contributed by atoms with Crippen LogP contribution >= 0.6 is 11.3 Å². The third-order valence-corrected chi connectivity index (χ3v) is 3.42. The summed E-state index contributed by atoms with van der Waals surface area (Å²) >= 11 is 1.49. The van der Waals surface area contributed by atoms with Gasteiger partial charge >= 0.3 is 5.97 Å². The maximum absolute atomic E-state index is 11.8. The minimum absolute atomic E-state index is 0.107. The molecule has 2 heterocycles. The van der Waals surface area contributed by atoms with Gasteiger partial charge in [-0.3, -0.25) is 0 Å². The summed E-state index contributed by atoms with van der Waals surface area (Å²) in [4.78, 5) is 12.7. The molecule has 0 atom stereocenters. The molecule has 4 nitrogen and oxygen atoms in total. The average molecular weight is 253 g/mol. The number of hydrogen-bond donors (Lipinski definition) is 1. The molecule has 0 saturated carbocycles. The second kappa shape index (κ2) is 4.89. The zero-order chi connectivity index (χ0) is 12.4. The van der Waals surface area contributed by atoms with Crippen LogP contribution in [0.4, 0.5) is 0 Å². The largest absolute Gasteiger partial charge is 0.459 e. The Morgan fingerprint density at radius 2 is 2.35 bits per heavy atom. The van der Waals surface area contributed by atoms with Crippen molar-refractivity contribution in [2.24, 2.45) is 0 Å². The third kappa shape index (κ3) is 2.35. The van der Waals surface area contributed by atoms with Gasteiger partial charge in [0.05, 0.1) is 11.7 Å². The monoisotopic (exact) mass is 253 g/mol. The summed E-state index contributed by atoms with van der Waals surface area (Å²) in [5, 5.41) is 10.9. The van der Waals surface area contributed by atoms with Gasteiger partial charge < -0.3 is 14.2 Å². The number of fused-ring (bicyclic) bond motifs is 1. The van der Waals surface area contributed by atoms with E-state index in [2.05, 4.69) is 0 Å². The van der Waals surface area contributed by atoms with E-state index in [0.29, 0.717) is 12.0 Å². The lowest BCUT2D eigenvalue weighted by atomic mass is 10.3. The first-order valence-electron chi connectivity index (χ1n) is 5.52. The SMILES string of the molecule is CC(C)OC(=O)c1ccn2c(CCO)csc12. The van der Waals surface area contributed by atoms with Gasteiger partial charge in [-0.25, -0.2) is 4.79 Å². The van der Waals surface area contributed by atoms with E-state index in [4.69, 9.17) is 9.84 Å². The summed E-state index contributed by atoms with van der Waals surface area (Å²) in [7, 11) is 0. The maximum Gasteiger partial charge on any atom is 0.341 e. The van der Waals surface area contributed by atoms with Gasteiger partial charge in [0.25, 0.3) is 0 Å². The third-order valence-electron chi connectivity index (χ3n) is 2.39. The second-order valence-electron chi connectivity index (χ2n) is 4.06. The van der Waals surface area contributed by atoms with Crippen LogP contribution in [0.1, 0.15) is 29.9 Å². The second-order valence-corrected chi connectivity index (χ2v) is 4.92. The van der Waals surface area contributed by atoms with E-state index in [1.165, 1.54) is 11.3 Å². The molecule has 0 bridgehead atoms. The van der Waals surface area contributed by atoms with E-state index in [0.717, 1.165) is 10.5 Å². The number of esters is 1. The summed E-state index contributed by atoms with van der Waals surface area (Å²) in [5.41, 5.74) is 1.60. The smallest absolute Gasteiger partial charge is 0.341 e. The molecule has 1 N–H and O–H groups in total. The van der Waals surface area contributed by atoms with Crippen LogP contribution in [-0.2, 0) is 11.2 Å². The van der Waals surface area contributed by atoms with Gasteiger partial charge in [-0.05, 0) is 19.9 Å². The Labute approximate surface area is 103 Å². The van der Waals surface area contributed by atoms with Gasteiger partial charge in [-0.15, -0.1) is 11.3 Å². The van der Waals surface area contributed by atoms with E-state index < -0.39 is 0 Å². The molecule has 0 aliphatic rings. The van der Waals surface area contributed by atoms with Crippen molar-refractivity contribution in [3.8, 4) is 0 Å². The molecule has 0 saturated heterocycles. The molecule has 0 radical (unpaired) electrons. The number of aromatic nitrogens is 1. The van der Waals surface area contributed by atoms with Gasteiger partial charge in [-0.1, -0.05) is 0 Å². The van der Waals surface area contributed by atoms with Gasteiger partial charge in [0, 0.05) is 30.3 Å². The molecule has 2 aromatic rings. The van der Waals surface area contributed by atoms with Crippen molar-refractivity contribution in [3.63, 3.8) is 0 Å². The van der Waals surface area contributed by atoms with Crippen molar-refractivity contribution < 1.29 is 14.6 Å². The molecule has 0 unspecified atom stereocenters. The zero-order valence-electron chi connectivity index (χ0n) is 9.84. The highest BCUT2D eigenvalue weighted by Crippen LogP contribution is 2.23. The van der Waals surface area contributed by atoms with E-state index in [-0.39, 0.29) is 18.7 Å². The Morgan fingerprint density at radius 3 is 3.00 bits per heavy atom. The fraction of sp³-hybridized carbons (Fsp3) is 0.417. The van der Waals surface area contributed by atoms with Crippen LogP contribution in [0.5, 0.6) is 0 Å². The first-order valence-corrected chi connectivity index (χ1v) is 6.40. The standard InChI is InChI=1S/C12H15NO3S/c1-8(2)16-12(15)10-3-5-13-9(4-6-14)7-17-11(10)13/h3,5,7-8,14H,4,6H2,1-2H3. The minimum atomic E-state index is -0.292. The van der Waals surface area contributed by atoms with E-state index in [1.54, 1.807) is 6.07 Å². The quantitative estimate of drug-likeness (QED) is 0.849. The van der Waals surface area contributed by atoms with E-state index in [1.807, 2.05) is 29.8 Å². The number of ether oxygens (including phenoxy) is 1. The first kappa shape index (κ1) is 12.1. The molecule has 2 aromatic heterocycles. The van der Waals surface area contributed by atoms with E-state index in [9.17, 15) is 4.79 Å². The number of hydrogen-bond acceptors (Lipinski definition) is 4. The normalized spacial score (nSPS) is 11.3. The van der Waals surface area contributed by atoms with Crippen LogP contribution < -0.4 is 0 Å². The summed E-state index contributed by atoms with van der Waals surface area (Å²) in [6, 6.07) is 1.76. The Bertz CT molecular complexity index is 527. The molecule has 0 aliphatic heterocycles. The van der Waals surface area contributed by atoms with Gasteiger partial charge in [0.2, 0.25) is 0 Å². The summed E-state index contributed by atoms with van der Waals surface area (Å²) in [6.07, 6.45) is 2.32. The van der Waals surface area contributed by atoms with Crippen LogP contribution in [0.15, 0.2) is 17.6 Å². The number of carbonyl (C=O) groups is 1. The predicted molar refractivity (Wildman–Crippen MR) is 66.6 cm³/mol. The van der Waals surface area contributed by atoms with Crippen LogP contribution in [-0.4, -0.2) is 28.2 Å². The van der Waals surface area contributed by atoms with Crippen LogP contribution in [0.2, 0.25) is 0 Å². The summed E-state index contributed by atoms with van der Waals surface area (Å²) < 4.78 is 7.11. The molecule has 92 valence electrons. The minimum Gasteiger partial charge on any atom is -0.459 e. The summed E-state index contributed by atoms with van der Waals surface area (Å²) in [5.74, 6) is -0.292. The molecule has 0 spiro atoms. The van der Waals surface area contributed by atoms with Crippen LogP contribution in [0, 0.1) is 0 Å². The molecule has 0 aliphatic carbocycles. The lowest BCUT2D eigenvalue weighted by Crippen LogP contribution is -2.10. The van der Waals surface area contributed by atoms with Crippen molar-refractivity contribution in [3.05, 3.63) is 28.9 Å². The molecule has 0 amide bonds. The zero-order valence-corrected chi connectivity index (χ0v) is 10.7. The highest BCUT2D eigenvalue weighted by molar-refractivity contribution is 7.16. The van der Waals surface area contributed by atoms with Crippen LogP contribution in [0.25, 0.3) is 4.83 Å². The number of carbonyl (C=O) groups excluding carboxylic acids is 1. The lowest BCUT2D eigenvalue weighted by Gasteiger charge is -2.05. The predicted octanol–water partition coefficient (Wildman–Crippen LogP) is 2.10. The molecular formula is C12H15NO3S. The molecule has 17 heavy (non-hydrogen) atoms. The fourth-order valence-electron chi connectivity index (χ4n) is 1.67. The molecule has 0 aromatic carbocycles.